The highest BCUT2D eigenvalue weighted by Gasteiger charge is 2.37. The minimum Gasteiger partial charge on any atom is -0.352 e. The summed E-state index contributed by atoms with van der Waals surface area (Å²) in [5.41, 5.74) is 0. The molecule has 2 saturated heterocycles. The molecule has 1 aromatic heterocycles. The van der Waals surface area contributed by atoms with Gasteiger partial charge in [0.25, 0.3) is 0 Å². The van der Waals surface area contributed by atoms with E-state index in [0.29, 0.717) is 13.1 Å². The molecule has 0 spiro atoms. The number of hydrogen-bond acceptors (Lipinski definition) is 4. The Kier molecular flexibility index (Phi) is 4.03. The lowest BCUT2D eigenvalue weighted by molar-refractivity contribution is -0.147. The Morgan fingerprint density at radius 3 is 2.80 bits per heavy atom. The highest BCUT2D eigenvalue weighted by atomic mass is 32.1. The third kappa shape index (κ3) is 2.58. The minimum atomic E-state index is -0.439. The topological polar surface area (TPSA) is 61.4 Å². The first kappa shape index (κ1) is 13.6. The maximum Gasteiger partial charge on any atom is 0.248 e. The van der Waals surface area contributed by atoms with Gasteiger partial charge in [-0.05, 0) is 37.4 Å². The molecule has 20 heavy (non-hydrogen) atoms. The van der Waals surface area contributed by atoms with Gasteiger partial charge in [-0.2, -0.15) is 0 Å². The molecular weight excluding hydrogens is 274 g/mol. The minimum absolute atomic E-state index is 0.0546. The Balaban J connectivity index is 1.81. The summed E-state index contributed by atoms with van der Waals surface area (Å²) in [4.78, 5) is 27.6. The van der Waals surface area contributed by atoms with Crippen molar-refractivity contribution in [2.45, 2.75) is 18.9 Å². The maximum atomic E-state index is 12.7. The molecular formula is C14H19N3O2S. The van der Waals surface area contributed by atoms with Crippen LogP contribution in [0.2, 0.25) is 0 Å². The van der Waals surface area contributed by atoms with Gasteiger partial charge < -0.3 is 15.5 Å². The van der Waals surface area contributed by atoms with Crippen molar-refractivity contribution in [1.82, 2.24) is 15.5 Å². The fourth-order valence-electron chi connectivity index (χ4n) is 2.94. The molecule has 108 valence electrons. The Morgan fingerprint density at radius 1 is 1.30 bits per heavy atom. The van der Waals surface area contributed by atoms with Gasteiger partial charge in [-0.15, -0.1) is 11.3 Å². The molecule has 0 aliphatic carbocycles. The van der Waals surface area contributed by atoms with E-state index in [-0.39, 0.29) is 17.7 Å². The van der Waals surface area contributed by atoms with Gasteiger partial charge in [0.1, 0.15) is 6.04 Å². The van der Waals surface area contributed by atoms with Gasteiger partial charge in [0.2, 0.25) is 11.8 Å². The van der Waals surface area contributed by atoms with Crippen LogP contribution in [0.15, 0.2) is 17.5 Å². The Bertz CT molecular complexity index is 483. The van der Waals surface area contributed by atoms with E-state index in [4.69, 9.17) is 0 Å². The number of piperidine rings is 1. The Hall–Kier alpha value is -1.40. The van der Waals surface area contributed by atoms with Gasteiger partial charge in [-0.3, -0.25) is 9.59 Å². The first-order valence-electron chi connectivity index (χ1n) is 7.09. The average Bonchev–Trinajstić information content (AvgIpc) is 3.01. The van der Waals surface area contributed by atoms with Gasteiger partial charge in [0, 0.05) is 23.9 Å². The molecule has 2 aliphatic heterocycles. The number of amides is 2. The zero-order valence-electron chi connectivity index (χ0n) is 11.3. The van der Waals surface area contributed by atoms with Crippen molar-refractivity contribution in [3.63, 3.8) is 0 Å². The van der Waals surface area contributed by atoms with E-state index in [9.17, 15) is 9.59 Å². The quantitative estimate of drug-likeness (QED) is 0.846. The van der Waals surface area contributed by atoms with Crippen LogP contribution in [0.25, 0.3) is 0 Å². The number of piperazine rings is 1. The monoisotopic (exact) mass is 293 g/mol. The second kappa shape index (κ2) is 5.93. The molecule has 3 heterocycles. The van der Waals surface area contributed by atoms with E-state index in [1.807, 2.05) is 17.5 Å². The molecule has 0 bridgehead atoms. The van der Waals surface area contributed by atoms with Crippen LogP contribution in [0.3, 0.4) is 0 Å². The van der Waals surface area contributed by atoms with Gasteiger partial charge in [-0.25, -0.2) is 0 Å². The van der Waals surface area contributed by atoms with Crippen molar-refractivity contribution in [2.24, 2.45) is 5.92 Å². The van der Waals surface area contributed by atoms with Crippen LogP contribution in [0.5, 0.6) is 0 Å². The number of carbonyl (C=O) groups excluding carboxylic acids is 2. The van der Waals surface area contributed by atoms with Gasteiger partial charge in [0.15, 0.2) is 0 Å². The standard InChI is InChI=1S/C14H19N3O2S/c18-13-12(11-2-1-9-20-11)17(8-7-16-13)14(19)10-3-5-15-6-4-10/h1-2,9-10,12,15H,3-8H2,(H,16,18). The summed E-state index contributed by atoms with van der Waals surface area (Å²) in [5, 5.41) is 8.09. The summed E-state index contributed by atoms with van der Waals surface area (Å²) in [6.45, 7) is 2.94. The van der Waals surface area contributed by atoms with Crippen LogP contribution >= 0.6 is 11.3 Å². The van der Waals surface area contributed by atoms with E-state index < -0.39 is 6.04 Å². The van der Waals surface area contributed by atoms with Crippen LogP contribution in [0, 0.1) is 5.92 Å². The van der Waals surface area contributed by atoms with E-state index in [0.717, 1.165) is 30.8 Å². The molecule has 3 rings (SSSR count). The zero-order chi connectivity index (χ0) is 13.9. The van der Waals surface area contributed by atoms with Crippen molar-refractivity contribution in [3.05, 3.63) is 22.4 Å². The van der Waals surface area contributed by atoms with Crippen molar-refractivity contribution in [3.8, 4) is 0 Å². The molecule has 2 N–H and O–H groups in total. The number of rotatable bonds is 2. The molecule has 6 heteroatoms. The number of nitrogens with one attached hydrogen (secondary N) is 2. The van der Waals surface area contributed by atoms with E-state index in [1.165, 1.54) is 11.3 Å². The third-order valence-corrected chi connectivity index (χ3v) is 4.92. The van der Waals surface area contributed by atoms with Crippen molar-refractivity contribution >= 4 is 23.2 Å². The predicted molar refractivity (Wildman–Crippen MR) is 77.4 cm³/mol. The smallest absolute Gasteiger partial charge is 0.248 e. The first-order chi connectivity index (χ1) is 9.77. The van der Waals surface area contributed by atoms with E-state index in [1.54, 1.807) is 4.90 Å². The van der Waals surface area contributed by atoms with E-state index >= 15 is 0 Å². The highest BCUT2D eigenvalue weighted by Crippen LogP contribution is 2.29. The molecule has 5 nitrogen and oxygen atoms in total. The summed E-state index contributed by atoms with van der Waals surface area (Å²) in [5.74, 6) is 0.144. The second-order valence-electron chi connectivity index (χ2n) is 5.26. The molecule has 1 unspecified atom stereocenters. The SMILES string of the molecule is O=C1NCCN(C(=O)C2CCNCC2)C1c1cccs1. The third-order valence-electron chi connectivity index (χ3n) is 4.00. The summed E-state index contributed by atoms with van der Waals surface area (Å²) in [6.07, 6.45) is 1.74. The number of hydrogen-bond donors (Lipinski definition) is 2. The molecule has 0 saturated carbocycles. The number of thiophene rings is 1. The predicted octanol–water partition coefficient (Wildman–Crippen LogP) is 0.747. The first-order valence-corrected chi connectivity index (χ1v) is 7.97. The number of nitrogens with zero attached hydrogens (tertiary/aromatic N) is 1. The molecule has 1 atom stereocenters. The van der Waals surface area contributed by atoms with Crippen LogP contribution < -0.4 is 10.6 Å². The summed E-state index contributed by atoms with van der Waals surface area (Å²) in [7, 11) is 0. The summed E-state index contributed by atoms with van der Waals surface area (Å²) >= 11 is 1.53. The normalized spacial score (nSPS) is 24.5. The van der Waals surface area contributed by atoms with Crippen molar-refractivity contribution in [2.75, 3.05) is 26.2 Å². The van der Waals surface area contributed by atoms with Crippen molar-refractivity contribution in [1.29, 1.82) is 0 Å². The lowest BCUT2D eigenvalue weighted by atomic mass is 9.95. The molecule has 2 aliphatic rings. The van der Waals surface area contributed by atoms with Gasteiger partial charge in [-0.1, -0.05) is 6.07 Å². The van der Waals surface area contributed by atoms with Crippen LogP contribution in [-0.2, 0) is 9.59 Å². The van der Waals surface area contributed by atoms with Crippen LogP contribution in [-0.4, -0.2) is 42.9 Å². The molecule has 1 aromatic rings. The van der Waals surface area contributed by atoms with E-state index in [2.05, 4.69) is 10.6 Å². The van der Waals surface area contributed by atoms with Crippen molar-refractivity contribution < 1.29 is 9.59 Å². The highest BCUT2D eigenvalue weighted by molar-refractivity contribution is 7.10. The second-order valence-corrected chi connectivity index (χ2v) is 6.24. The van der Waals surface area contributed by atoms with Crippen LogP contribution in [0.1, 0.15) is 23.8 Å². The fourth-order valence-corrected chi connectivity index (χ4v) is 3.77. The molecule has 0 aromatic carbocycles. The summed E-state index contributed by atoms with van der Waals surface area (Å²) < 4.78 is 0. The largest absolute Gasteiger partial charge is 0.352 e. The zero-order valence-corrected chi connectivity index (χ0v) is 12.1. The molecule has 2 amide bonds. The lowest BCUT2D eigenvalue weighted by Crippen LogP contribution is -2.54. The average molecular weight is 293 g/mol. The van der Waals surface area contributed by atoms with Gasteiger partial charge in [0.05, 0.1) is 0 Å². The maximum absolute atomic E-state index is 12.7. The van der Waals surface area contributed by atoms with Gasteiger partial charge >= 0.3 is 0 Å². The number of carbonyl (C=O) groups is 2. The molecule has 2 fully saturated rings. The fraction of sp³-hybridized carbons (Fsp3) is 0.571. The Morgan fingerprint density at radius 2 is 2.10 bits per heavy atom. The molecule has 0 radical (unpaired) electrons. The Labute approximate surface area is 122 Å². The lowest BCUT2D eigenvalue weighted by Gasteiger charge is -2.37. The summed E-state index contributed by atoms with van der Waals surface area (Å²) in [6, 6.07) is 3.42. The van der Waals surface area contributed by atoms with Crippen LogP contribution in [0.4, 0.5) is 0 Å².